The number of nitrogens with zero attached hydrogens (tertiary/aromatic N) is 2. The molecule has 3 aliphatic rings. The molecule has 3 N–H and O–H groups in total. The van der Waals surface area contributed by atoms with E-state index in [0.29, 0.717) is 49.8 Å². The Morgan fingerprint density at radius 1 is 0.950 bits per heavy atom. The number of amides is 4. The molecule has 4 amide bonds. The number of ether oxygens (including phenoxy) is 3. The molecule has 1 unspecified atom stereocenters. The summed E-state index contributed by atoms with van der Waals surface area (Å²) >= 11 is 0. The summed E-state index contributed by atoms with van der Waals surface area (Å²) in [5.74, 6) is -1.31. The van der Waals surface area contributed by atoms with E-state index in [1.54, 1.807) is 18.2 Å². The summed E-state index contributed by atoms with van der Waals surface area (Å²) < 4.78 is 16.6. The lowest BCUT2D eigenvalue weighted by molar-refractivity contribution is -0.137. The second kappa shape index (κ2) is 17.5. The van der Waals surface area contributed by atoms with Crippen LogP contribution in [0.25, 0.3) is 0 Å². The number of nitrogens with one attached hydrogen (secondary N) is 3. The number of halogens is 2. The molecule has 2 saturated heterocycles. The van der Waals surface area contributed by atoms with E-state index >= 15 is 0 Å². The van der Waals surface area contributed by atoms with Crippen molar-refractivity contribution in [1.82, 2.24) is 20.4 Å². The van der Waals surface area contributed by atoms with Crippen LogP contribution in [-0.4, -0.2) is 112 Å². The number of hydrogen-bond acceptors (Lipinski definition) is 9. The van der Waals surface area contributed by atoms with Crippen molar-refractivity contribution in [2.24, 2.45) is 0 Å². The van der Waals surface area contributed by atoms with Crippen molar-refractivity contribution in [3.05, 3.63) is 29.3 Å². The number of piperidine rings is 1. The summed E-state index contributed by atoms with van der Waals surface area (Å²) in [4.78, 5) is 52.9. The number of benzene rings is 1. The van der Waals surface area contributed by atoms with Crippen LogP contribution in [0.5, 0.6) is 0 Å². The molecular weight excluding hydrogens is 565 g/mol. The number of hydrogen-bond donors (Lipinski definition) is 3. The zero-order chi connectivity index (χ0) is 26.7. The molecule has 224 valence electrons. The van der Waals surface area contributed by atoms with E-state index in [1.165, 1.54) is 4.90 Å². The first-order chi connectivity index (χ1) is 18.5. The van der Waals surface area contributed by atoms with Gasteiger partial charge < -0.3 is 29.7 Å². The Morgan fingerprint density at radius 2 is 1.62 bits per heavy atom. The number of anilines is 1. The molecule has 0 saturated carbocycles. The maximum atomic E-state index is 12.9. The summed E-state index contributed by atoms with van der Waals surface area (Å²) in [5.41, 5.74) is 1.66. The number of carbonyl (C=O) groups excluding carboxylic acids is 4. The van der Waals surface area contributed by atoms with Crippen LogP contribution in [0.4, 0.5) is 5.69 Å². The maximum absolute atomic E-state index is 12.9. The van der Waals surface area contributed by atoms with Crippen molar-refractivity contribution in [2.45, 2.75) is 31.8 Å². The molecule has 2 fully saturated rings. The number of carbonyl (C=O) groups is 4. The average molecular weight is 605 g/mol. The van der Waals surface area contributed by atoms with Crippen LogP contribution >= 0.6 is 24.8 Å². The minimum Gasteiger partial charge on any atom is -0.379 e. The fourth-order valence-electron chi connectivity index (χ4n) is 4.75. The Morgan fingerprint density at radius 3 is 2.33 bits per heavy atom. The van der Waals surface area contributed by atoms with Crippen LogP contribution in [0.3, 0.4) is 0 Å². The van der Waals surface area contributed by atoms with E-state index in [1.807, 2.05) is 0 Å². The topological polar surface area (TPSA) is 139 Å². The second-order valence-electron chi connectivity index (χ2n) is 9.46. The first-order valence-corrected chi connectivity index (χ1v) is 13.3. The first kappa shape index (κ1) is 33.9. The Bertz CT molecular complexity index is 1010. The summed E-state index contributed by atoms with van der Waals surface area (Å²) in [5, 5.41) is 8.47. The highest BCUT2D eigenvalue weighted by molar-refractivity contribution is 6.06. The van der Waals surface area contributed by atoms with Crippen LogP contribution in [0.2, 0.25) is 0 Å². The van der Waals surface area contributed by atoms with Crippen molar-refractivity contribution in [3.63, 3.8) is 0 Å². The van der Waals surface area contributed by atoms with Gasteiger partial charge in [-0.3, -0.25) is 29.4 Å². The monoisotopic (exact) mass is 603 g/mol. The van der Waals surface area contributed by atoms with E-state index in [9.17, 15) is 19.2 Å². The van der Waals surface area contributed by atoms with Gasteiger partial charge in [0.1, 0.15) is 6.04 Å². The normalized spacial score (nSPS) is 18.9. The fourth-order valence-corrected chi connectivity index (χ4v) is 4.75. The van der Waals surface area contributed by atoms with Crippen molar-refractivity contribution in [3.8, 4) is 0 Å². The number of piperazine rings is 1. The van der Waals surface area contributed by atoms with E-state index < -0.39 is 11.9 Å². The highest BCUT2D eigenvalue weighted by Gasteiger charge is 2.39. The van der Waals surface area contributed by atoms with Crippen molar-refractivity contribution >= 4 is 54.1 Å². The molecule has 0 bridgehead atoms. The number of fused-ring (bicyclic) bond motifs is 1. The molecular formula is C26H39Cl2N5O7. The zero-order valence-corrected chi connectivity index (χ0v) is 24.1. The SMILES string of the molecule is Cl.Cl.O=C1CCC(N2Cc3c(NC(=O)CCOCCOCCOCCN4CCNCC4)cccc3C2=O)C(=O)N1. The predicted molar refractivity (Wildman–Crippen MR) is 152 cm³/mol. The van der Waals surface area contributed by atoms with Crippen molar-refractivity contribution in [2.75, 3.05) is 77.7 Å². The van der Waals surface area contributed by atoms with Gasteiger partial charge in [0.25, 0.3) is 5.91 Å². The van der Waals surface area contributed by atoms with Gasteiger partial charge in [-0.25, -0.2) is 0 Å². The highest BCUT2D eigenvalue weighted by Crippen LogP contribution is 2.32. The Hall–Kier alpha value is -2.32. The van der Waals surface area contributed by atoms with Crippen molar-refractivity contribution in [1.29, 1.82) is 0 Å². The average Bonchev–Trinajstić information content (AvgIpc) is 3.25. The van der Waals surface area contributed by atoms with Gasteiger partial charge in [0.05, 0.1) is 46.1 Å². The van der Waals surface area contributed by atoms with Gasteiger partial charge in [-0.1, -0.05) is 6.07 Å². The molecule has 1 aromatic rings. The molecule has 4 rings (SSSR count). The van der Waals surface area contributed by atoms with Crippen LogP contribution in [-0.2, 0) is 35.1 Å². The number of rotatable bonds is 14. The molecule has 14 heteroatoms. The van der Waals surface area contributed by atoms with Gasteiger partial charge in [-0.15, -0.1) is 24.8 Å². The summed E-state index contributed by atoms with van der Waals surface area (Å²) in [6.45, 7) is 8.11. The third kappa shape index (κ3) is 9.65. The molecule has 3 heterocycles. The lowest BCUT2D eigenvalue weighted by Gasteiger charge is -2.29. The molecule has 1 atom stereocenters. The second-order valence-corrected chi connectivity index (χ2v) is 9.46. The minimum atomic E-state index is -0.698. The maximum Gasteiger partial charge on any atom is 0.255 e. The third-order valence-corrected chi connectivity index (χ3v) is 6.84. The van der Waals surface area contributed by atoms with E-state index in [2.05, 4.69) is 20.9 Å². The van der Waals surface area contributed by atoms with Gasteiger partial charge in [-0.05, 0) is 18.6 Å². The van der Waals surface area contributed by atoms with Crippen LogP contribution < -0.4 is 16.0 Å². The third-order valence-electron chi connectivity index (χ3n) is 6.84. The lowest BCUT2D eigenvalue weighted by atomic mass is 10.0. The van der Waals surface area contributed by atoms with Crippen LogP contribution in [0.1, 0.15) is 35.2 Å². The smallest absolute Gasteiger partial charge is 0.255 e. The summed E-state index contributed by atoms with van der Waals surface area (Å²) in [6.07, 6.45) is 0.636. The van der Waals surface area contributed by atoms with Gasteiger partial charge in [0.15, 0.2) is 0 Å². The van der Waals surface area contributed by atoms with Crippen LogP contribution in [0.15, 0.2) is 18.2 Å². The Balaban J connectivity index is 0.00000280. The summed E-state index contributed by atoms with van der Waals surface area (Å²) in [7, 11) is 0. The summed E-state index contributed by atoms with van der Waals surface area (Å²) in [6, 6.07) is 4.41. The van der Waals surface area contributed by atoms with Gasteiger partial charge in [0, 0.05) is 62.5 Å². The van der Waals surface area contributed by atoms with Gasteiger partial charge in [0.2, 0.25) is 17.7 Å². The highest BCUT2D eigenvalue weighted by atomic mass is 35.5. The van der Waals surface area contributed by atoms with E-state index in [0.717, 1.165) is 32.7 Å². The van der Waals surface area contributed by atoms with Gasteiger partial charge in [-0.2, -0.15) is 0 Å². The quantitative estimate of drug-likeness (QED) is 0.206. The fraction of sp³-hybridized carbons (Fsp3) is 0.615. The molecule has 40 heavy (non-hydrogen) atoms. The lowest BCUT2D eigenvalue weighted by Crippen LogP contribution is -2.52. The molecule has 0 aliphatic carbocycles. The van der Waals surface area contributed by atoms with Crippen LogP contribution in [0, 0.1) is 0 Å². The Kier molecular flexibility index (Phi) is 14.8. The van der Waals surface area contributed by atoms with E-state index in [-0.39, 0.29) is 74.9 Å². The molecule has 0 radical (unpaired) electrons. The molecule has 12 nitrogen and oxygen atoms in total. The molecule has 1 aromatic carbocycles. The predicted octanol–water partition coefficient (Wildman–Crippen LogP) is 0.575. The van der Waals surface area contributed by atoms with Crippen molar-refractivity contribution < 1.29 is 33.4 Å². The molecule has 0 aromatic heterocycles. The van der Waals surface area contributed by atoms with Gasteiger partial charge >= 0.3 is 0 Å². The first-order valence-electron chi connectivity index (χ1n) is 13.3. The largest absolute Gasteiger partial charge is 0.379 e. The zero-order valence-electron chi connectivity index (χ0n) is 22.5. The minimum absolute atomic E-state index is 0. The Labute approximate surface area is 246 Å². The van der Waals surface area contributed by atoms with E-state index in [4.69, 9.17) is 14.2 Å². The number of imide groups is 1. The molecule has 0 spiro atoms. The molecule has 3 aliphatic heterocycles. The standard InChI is InChI=1S/C26H37N5O7.2ClH/c32-23-5-4-22(25(34)29-23)31-18-20-19(26(31)35)2-1-3-21(20)28-24(33)6-12-36-14-16-38-17-15-37-13-11-30-9-7-27-8-10-30;;/h1-3,22,27H,4-18H2,(H,28,33)(H,29,32,34);2*1H.